The lowest BCUT2D eigenvalue weighted by atomic mass is 10.1. The average Bonchev–Trinajstić information content (AvgIpc) is 3.01. The summed E-state index contributed by atoms with van der Waals surface area (Å²) < 4.78 is 28.3. The van der Waals surface area contributed by atoms with Gasteiger partial charge in [-0.15, -0.1) is 0 Å². The van der Waals surface area contributed by atoms with E-state index in [-0.39, 0.29) is 12.4 Å². The van der Waals surface area contributed by atoms with Crippen molar-refractivity contribution in [3.63, 3.8) is 0 Å². The molecule has 0 aliphatic carbocycles. The van der Waals surface area contributed by atoms with Gasteiger partial charge >= 0.3 is 13.5 Å². The molecule has 2 fully saturated rings. The van der Waals surface area contributed by atoms with Gasteiger partial charge in [0, 0.05) is 0 Å². The normalized spacial score (nSPS) is 38.3. The van der Waals surface area contributed by atoms with Crippen molar-refractivity contribution < 1.29 is 32.9 Å². The van der Waals surface area contributed by atoms with Crippen molar-refractivity contribution in [2.45, 2.75) is 24.5 Å². The molecule has 12 heteroatoms. The number of aliphatic hydroxyl groups is 1. The van der Waals surface area contributed by atoms with Crippen LogP contribution in [0.4, 0.5) is 5.82 Å². The van der Waals surface area contributed by atoms with Crippen LogP contribution in [0, 0.1) is 0 Å². The number of phosphoric acid groups is 1. The first kappa shape index (κ1) is 14.0. The number of hydrogen-bond acceptors (Lipinski definition) is 8. The van der Waals surface area contributed by atoms with Gasteiger partial charge in [0.25, 0.3) is 0 Å². The summed E-state index contributed by atoms with van der Waals surface area (Å²) in [5.41, 5.74) is 6.67. The molecule has 0 radical (unpaired) electrons. The second kappa shape index (κ2) is 4.69. The van der Waals surface area contributed by atoms with Crippen LogP contribution in [0.1, 0.15) is 6.23 Å². The van der Waals surface area contributed by atoms with Crippen LogP contribution in [0.5, 0.6) is 0 Å². The van der Waals surface area contributed by atoms with Gasteiger partial charge in [0.15, 0.2) is 18.5 Å². The van der Waals surface area contributed by atoms with E-state index in [2.05, 4.69) is 19.5 Å². The number of nitrogens with zero attached hydrogens (tertiary/aromatic N) is 3. The number of aliphatic hydroxyl groups excluding tert-OH is 1. The summed E-state index contributed by atoms with van der Waals surface area (Å²) in [5, 5.41) is 10.4. The van der Waals surface area contributed by atoms with Crippen molar-refractivity contribution in [3.8, 4) is 0 Å². The Morgan fingerprint density at radius 3 is 3.14 bits per heavy atom. The molecule has 2 aromatic heterocycles. The highest BCUT2D eigenvalue weighted by atomic mass is 31.2. The minimum absolute atomic E-state index is 0.147. The number of nitrogen functional groups attached to an aromatic ring is 1. The minimum Gasteiger partial charge on any atom is -0.384 e. The number of aromatic amines is 1. The summed E-state index contributed by atoms with van der Waals surface area (Å²) in [6, 6.07) is 0. The molecule has 1 unspecified atom stereocenters. The number of imidazole rings is 1. The molecular weight excluding hydrogens is 317 g/mol. The molecule has 0 saturated carbocycles. The Morgan fingerprint density at radius 2 is 2.32 bits per heavy atom. The number of H-pyrrole nitrogens is 1. The van der Waals surface area contributed by atoms with Crippen LogP contribution in [0.2, 0.25) is 0 Å². The van der Waals surface area contributed by atoms with Gasteiger partial charge in [0.2, 0.25) is 11.7 Å². The molecule has 118 valence electrons. The van der Waals surface area contributed by atoms with Gasteiger partial charge in [-0.25, -0.2) is 9.13 Å². The van der Waals surface area contributed by atoms with Crippen molar-refractivity contribution in [1.29, 1.82) is 0 Å². The number of phosphoric ester groups is 1. The minimum atomic E-state index is -4.16. The van der Waals surface area contributed by atoms with Crippen molar-refractivity contribution in [2.24, 2.45) is 0 Å². The Kier molecular flexibility index (Phi) is 2.98. The molecule has 11 nitrogen and oxygen atoms in total. The summed E-state index contributed by atoms with van der Waals surface area (Å²) in [4.78, 5) is 20.2. The molecule has 0 spiro atoms. The largest absolute Gasteiger partial charge is 0.472 e. The number of aromatic nitrogens is 4. The summed E-state index contributed by atoms with van der Waals surface area (Å²) >= 11 is 0. The Hall–Kier alpha value is -1.62. The van der Waals surface area contributed by atoms with Crippen molar-refractivity contribution in [1.82, 2.24) is 15.0 Å². The summed E-state index contributed by atoms with van der Waals surface area (Å²) in [5.74, 6) is 0.257. The third-order valence-corrected chi connectivity index (χ3v) is 4.67. The van der Waals surface area contributed by atoms with Gasteiger partial charge in [0.1, 0.15) is 18.3 Å². The topological polar surface area (TPSA) is 157 Å². The highest BCUT2D eigenvalue weighted by molar-refractivity contribution is 7.47. The van der Waals surface area contributed by atoms with Crippen LogP contribution in [-0.2, 0) is 18.3 Å². The van der Waals surface area contributed by atoms with E-state index in [4.69, 9.17) is 15.0 Å². The molecule has 4 heterocycles. The van der Waals surface area contributed by atoms with E-state index in [1.165, 1.54) is 17.2 Å². The third kappa shape index (κ3) is 2.02. The predicted octanol–water partition coefficient (Wildman–Crippen LogP) is -1.40. The third-order valence-electron chi connectivity index (χ3n) is 3.69. The summed E-state index contributed by atoms with van der Waals surface area (Å²) in [6.45, 7) is -0.147. The molecule has 5 N–H and O–H groups in total. The molecule has 2 aliphatic rings. The molecule has 22 heavy (non-hydrogen) atoms. The van der Waals surface area contributed by atoms with Gasteiger partial charge in [-0.3, -0.25) is 14.0 Å². The van der Waals surface area contributed by atoms with E-state index >= 15 is 0 Å². The molecule has 2 saturated heterocycles. The number of hydrogen-bond donors (Lipinski definition) is 4. The van der Waals surface area contributed by atoms with E-state index in [1.54, 1.807) is 0 Å². The van der Waals surface area contributed by atoms with E-state index in [0.717, 1.165) is 0 Å². The van der Waals surface area contributed by atoms with E-state index in [1.807, 2.05) is 0 Å². The second-order valence-electron chi connectivity index (χ2n) is 5.03. The van der Waals surface area contributed by atoms with E-state index in [9.17, 15) is 14.6 Å². The fourth-order valence-electron chi connectivity index (χ4n) is 2.68. The van der Waals surface area contributed by atoms with Crippen molar-refractivity contribution in [3.05, 3.63) is 12.7 Å². The number of anilines is 1. The molecule has 4 rings (SSSR count). The fraction of sp³-hybridized carbons (Fsp3) is 0.500. The van der Waals surface area contributed by atoms with Gasteiger partial charge in [-0.1, -0.05) is 4.98 Å². The van der Waals surface area contributed by atoms with Crippen LogP contribution in [0.15, 0.2) is 12.7 Å². The number of fused-ring (bicyclic) bond motifs is 2. The number of nitrogens with two attached hydrogens (primary N) is 1. The first-order valence-corrected chi connectivity index (χ1v) is 7.94. The number of rotatable bonds is 1. The first-order chi connectivity index (χ1) is 10.5. The molecule has 2 aromatic rings. The van der Waals surface area contributed by atoms with Crippen molar-refractivity contribution in [2.75, 3.05) is 12.3 Å². The van der Waals surface area contributed by atoms with Crippen LogP contribution in [0.3, 0.4) is 0 Å². The monoisotopic (exact) mass is 330 g/mol. The lowest BCUT2D eigenvalue weighted by Crippen LogP contribution is -2.46. The van der Waals surface area contributed by atoms with E-state index < -0.39 is 32.4 Å². The van der Waals surface area contributed by atoms with Gasteiger partial charge in [-0.05, 0) is 0 Å². The molecule has 0 aromatic carbocycles. The Bertz CT molecular complexity index is 782. The zero-order chi connectivity index (χ0) is 15.5. The fourth-order valence-corrected chi connectivity index (χ4v) is 3.64. The highest BCUT2D eigenvalue weighted by Crippen LogP contribution is 2.51. The second-order valence-corrected chi connectivity index (χ2v) is 6.43. The Balaban J connectivity index is 1.71. The zero-order valence-electron chi connectivity index (χ0n) is 11.1. The number of nitrogens with one attached hydrogen (secondary N) is 1. The maximum Gasteiger partial charge on any atom is 0.472 e. The number of ether oxygens (including phenoxy) is 1. The standard InChI is InChI=1S/C10H12N5O6P/c11-8-5-9(13-2-12-8)15(3-14-5)10-6(16)7-4(20-10)1-19-22(17,18)21-7/h2-4,6-7,10,16H,1H2,(H3,11,12,13,17,18)/p+1/t4-,6-,7-,10-/m1/s1. The smallest absolute Gasteiger partial charge is 0.384 e. The first-order valence-electron chi connectivity index (χ1n) is 6.44. The molecule has 5 atom stereocenters. The lowest BCUT2D eigenvalue weighted by Gasteiger charge is -2.27. The lowest BCUT2D eigenvalue weighted by molar-refractivity contribution is -0.745. The maximum atomic E-state index is 11.5. The van der Waals surface area contributed by atoms with Crippen LogP contribution in [-0.4, -0.2) is 49.9 Å². The van der Waals surface area contributed by atoms with Crippen LogP contribution < -0.4 is 10.3 Å². The SMILES string of the molecule is Nc1ncnc2c1[nH]c[n+]2[C@@H]1O[C@@H]2COP(=O)(O)O[C@H]2[C@H]1O. The van der Waals surface area contributed by atoms with Crippen molar-refractivity contribution >= 4 is 24.8 Å². The van der Waals surface area contributed by atoms with Gasteiger partial charge in [-0.2, -0.15) is 4.98 Å². The average molecular weight is 330 g/mol. The summed E-state index contributed by atoms with van der Waals surface area (Å²) in [7, 11) is -4.16. The highest BCUT2D eigenvalue weighted by Gasteiger charge is 2.54. The Morgan fingerprint density at radius 1 is 1.50 bits per heavy atom. The van der Waals surface area contributed by atoms with E-state index in [0.29, 0.717) is 11.2 Å². The van der Waals surface area contributed by atoms with Crippen LogP contribution in [0.25, 0.3) is 11.2 Å². The molecule has 0 amide bonds. The Labute approximate surface area is 123 Å². The summed E-state index contributed by atoms with van der Waals surface area (Å²) in [6.07, 6.45) is -0.843. The molecule has 2 aliphatic heterocycles. The van der Waals surface area contributed by atoms with Gasteiger partial charge in [0.05, 0.1) is 6.61 Å². The quantitative estimate of drug-likeness (QED) is 0.364. The molecular formula is C10H13N5O6P+. The van der Waals surface area contributed by atoms with Crippen LogP contribution >= 0.6 is 7.82 Å². The molecule has 0 bridgehead atoms. The zero-order valence-corrected chi connectivity index (χ0v) is 12.0. The van der Waals surface area contributed by atoms with Gasteiger partial charge < -0.3 is 20.5 Å². The predicted molar refractivity (Wildman–Crippen MR) is 69.1 cm³/mol. The maximum absolute atomic E-state index is 11.5.